The van der Waals surface area contributed by atoms with Crippen molar-refractivity contribution in [3.8, 4) is 11.5 Å². The first-order valence-corrected chi connectivity index (χ1v) is 7.96. The van der Waals surface area contributed by atoms with Crippen molar-refractivity contribution < 1.29 is 9.47 Å². The molecule has 0 unspecified atom stereocenters. The van der Waals surface area contributed by atoms with Crippen molar-refractivity contribution in [2.45, 2.75) is 19.5 Å². The highest BCUT2D eigenvalue weighted by molar-refractivity contribution is 9.10. The van der Waals surface area contributed by atoms with Gasteiger partial charge in [0.15, 0.2) is 11.5 Å². The number of hydrogen-bond donors (Lipinski definition) is 0. The quantitative estimate of drug-likeness (QED) is 0.778. The van der Waals surface area contributed by atoms with E-state index in [1.165, 1.54) is 16.7 Å². The summed E-state index contributed by atoms with van der Waals surface area (Å²) in [6, 6.07) is 12.8. The molecule has 2 aliphatic heterocycles. The monoisotopic (exact) mass is 381 g/mol. The normalized spacial score (nSPS) is 16.0. The Morgan fingerprint density at radius 1 is 1.05 bits per heavy atom. The van der Waals surface area contributed by atoms with Gasteiger partial charge in [-0.3, -0.25) is 4.90 Å². The van der Waals surface area contributed by atoms with E-state index in [2.05, 4.69) is 51.2 Å². The highest BCUT2D eigenvalue weighted by Gasteiger charge is 2.20. The van der Waals surface area contributed by atoms with Crippen LogP contribution in [0.4, 0.5) is 0 Å². The molecule has 2 aliphatic rings. The minimum absolute atomic E-state index is 0. The minimum atomic E-state index is 0. The van der Waals surface area contributed by atoms with Crippen molar-refractivity contribution in [2.75, 3.05) is 13.3 Å². The van der Waals surface area contributed by atoms with Crippen molar-refractivity contribution >= 4 is 28.3 Å². The largest absolute Gasteiger partial charge is 0.454 e. The molecule has 0 radical (unpaired) electrons. The average Bonchev–Trinajstić information content (AvgIpc) is 2.94. The molecule has 0 aliphatic carbocycles. The van der Waals surface area contributed by atoms with Crippen LogP contribution in [-0.4, -0.2) is 18.2 Å². The zero-order valence-electron chi connectivity index (χ0n) is 12.0. The minimum Gasteiger partial charge on any atom is -0.454 e. The smallest absolute Gasteiger partial charge is 0.231 e. The summed E-state index contributed by atoms with van der Waals surface area (Å²) in [6.07, 6.45) is 1.12. The molecule has 3 nitrogen and oxygen atoms in total. The Morgan fingerprint density at radius 3 is 2.59 bits per heavy atom. The first-order valence-electron chi connectivity index (χ1n) is 7.17. The van der Waals surface area contributed by atoms with Crippen LogP contribution in [0, 0.1) is 0 Å². The van der Waals surface area contributed by atoms with Crippen molar-refractivity contribution in [1.29, 1.82) is 0 Å². The molecular weight excluding hydrogens is 366 g/mol. The molecule has 0 saturated heterocycles. The van der Waals surface area contributed by atoms with Crippen LogP contribution in [-0.2, 0) is 19.5 Å². The maximum Gasteiger partial charge on any atom is 0.231 e. The molecule has 5 heteroatoms. The summed E-state index contributed by atoms with van der Waals surface area (Å²) in [5.41, 5.74) is 4.18. The number of nitrogens with zero attached hydrogens (tertiary/aromatic N) is 1. The second-order valence-corrected chi connectivity index (χ2v) is 6.38. The van der Waals surface area contributed by atoms with E-state index in [1.807, 2.05) is 6.07 Å². The summed E-state index contributed by atoms with van der Waals surface area (Å²) in [4.78, 5) is 2.48. The van der Waals surface area contributed by atoms with Crippen LogP contribution in [0.3, 0.4) is 0 Å². The molecule has 2 aromatic carbocycles. The summed E-state index contributed by atoms with van der Waals surface area (Å²) in [5.74, 6) is 1.68. The second kappa shape index (κ2) is 6.49. The van der Waals surface area contributed by atoms with Crippen molar-refractivity contribution in [3.63, 3.8) is 0 Å². The Hall–Kier alpha value is -1.23. The van der Waals surface area contributed by atoms with Gasteiger partial charge in [-0.25, -0.2) is 0 Å². The van der Waals surface area contributed by atoms with Gasteiger partial charge in [-0.05, 0) is 35.2 Å². The summed E-state index contributed by atoms with van der Waals surface area (Å²) < 4.78 is 12.0. The fourth-order valence-electron chi connectivity index (χ4n) is 3.01. The molecule has 22 heavy (non-hydrogen) atoms. The van der Waals surface area contributed by atoms with Crippen LogP contribution >= 0.6 is 28.3 Å². The van der Waals surface area contributed by atoms with E-state index in [0.29, 0.717) is 6.79 Å². The van der Waals surface area contributed by atoms with Gasteiger partial charge >= 0.3 is 0 Å². The molecule has 116 valence electrons. The molecule has 0 N–H and O–H groups in total. The average molecular weight is 383 g/mol. The Morgan fingerprint density at radius 2 is 1.77 bits per heavy atom. The third-order valence-corrected chi connectivity index (χ3v) is 4.88. The molecular formula is C17H17BrClNO2. The number of ether oxygens (including phenoxy) is 2. The van der Waals surface area contributed by atoms with E-state index in [9.17, 15) is 0 Å². The predicted octanol–water partition coefficient (Wildman–Crippen LogP) is 4.16. The summed E-state index contributed by atoms with van der Waals surface area (Å²) in [6.45, 7) is 3.35. The molecule has 0 spiro atoms. The lowest BCUT2D eigenvalue weighted by Crippen LogP contribution is -2.30. The summed E-state index contributed by atoms with van der Waals surface area (Å²) in [7, 11) is 0. The standard InChI is InChI=1S/C17H16BrNO2.ClH/c18-15-8-17-16(20-11-21-17)7-14(15)10-19-6-5-12-3-1-2-4-13(12)9-19;/h1-4,7-8H,5-6,9-11H2;1H. The molecule has 0 amide bonds. The number of fused-ring (bicyclic) bond motifs is 2. The molecule has 0 aromatic heterocycles. The van der Waals surface area contributed by atoms with Gasteiger partial charge in [0.1, 0.15) is 0 Å². The van der Waals surface area contributed by atoms with E-state index < -0.39 is 0 Å². The van der Waals surface area contributed by atoms with E-state index >= 15 is 0 Å². The van der Waals surface area contributed by atoms with Gasteiger partial charge in [0, 0.05) is 24.1 Å². The van der Waals surface area contributed by atoms with E-state index in [1.54, 1.807) is 0 Å². The third kappa shape index (κ3) is 2.96. The van der Waals surface area contributed by atoms with Crippen molar-refractivity contribution in [2.24, 2.45) is 0 Å². The van der Waals surface area contributed by atoms with Crippen LogP contribution in [0.25, 0.3) is 0 Å². The molecule has 4 rings (SSSR count). The van der Waals surface area contributed by atoms with Gasteiger partial charge in [-0.2, -0.15) is 0 Å². The molecule has 0 saturated carbocycles. The molecule has 0 fully saturated rings. The fraction of sp³-hybridized carbons (Fsp3) is 0.294. The zero-order valence-corrected chi connectivity index (χ0v) is 14.5. The van der Waals surface area contributed by atoms with Crippen LogP contribution in [0.1, 0.15) is 16.7 Å². The lowest BCUT2D eigenvalue weighted by molar-refractivity contribution is 0.174. The number of rotatable bonds is 2. The SMILES string of the molecule is Brc1cc2c(cc1CN1CCc3ccccc3C1)OCO2.Cl. The topological polar surface area (TPSA) is 21.7 Å². The predicted molar refractivity (Wildman–Crippen MR) is 91.8 cm³/mol. The number of halogens is 2. The van der Waals surface area contributed by atoms with E-state index in [0.717, 1.165) is 42.0 Å². The van der Waals surface area contributed by atoms with Crippen LogP contribution in [0.15, 0.2) is 40.9 Å². The molecule has 2 heterocycles. The Labute approximate surface area is 144 Å². The highest BCUT2D eigenvalue weighted by atomic mass is 79.9. The van der Waals surface area contributed by atoms with Crippen LogP contribution in [0.5, 0.6) is 11.5 Å². The summed E-state index contributed by atoms with van der Waals surface area (Å²) in [5, 5.41) is 0. The lowest BCUT2D eigenvalue weighted by atomic mass is 9.99. The van der Waals surface area contributed by atoms with Crippen molar-refractivity contribution in [3.05, 3.63) is 57.6 Å². The molecule has 0 atom stereocenters. The fourth-order valence-corrected chi connectivity index (χ4v) is 3.46. The molecule has 0 bridgehead atoms. The van der Waals surface area contributed by atoms with E-state index in [-0.39, 0.29) is 12.4 Å². The third-order valence-electron chi connectivity index (χ3n) is 4.15. The Balaban J connectivity index is 0.00000144. The lowest BCUT2D eigenvalue weighted by Gasteiger charge is -2.29. The highest BCUT2D eigenvalue weighted by Crippen LogP contribution is 2.37. The first-order chi connectivity index (χ1) is 10.3. The van der Waals surface area contributed by atoms with Crippen molar-refractivity contribution in [1.82, 2.24) is 4.90 Å². The van der Waals surface area contributed by atoms with Gasteiger partial charge < -0.3 is 9.47 Å². The van der Waals surface area contributed by atoms with Gasteiger partial charge in [-0.15, -0.1) is 12.4 Å². The number of hydrogen-bond acceptors (Lipinski definition) is 3. The summed E-state index contributed by atoms with van der Waals surface area (Å²) >= 11 is 3.65. The maximum absolute atomic E-state index is 5.48. The van der Waals surface area contributed by atoms with Crippen LogP contribution in [0.2, 0.25) is 0 Å². The van der Waals surface area contributed by atoms with Gasteiger partial charge in [-0.1, -0.05) is 40.2 Å². The van der Waals surface area contributed by atoms with Gasteiger partial charge in [0.25, 0.3) is 0 Å². The first kappa shape index (κ1) is 15.7. The second-order valence-electron chi connectivity index (χ2n) is 5.53. The van der Waals surface area contributed by atoms with Gasteiger partial charge in [0.2, 0.25) is 6.79 Å². The maximum atomic E-state index is 5.48. The van der Waals surface area contributed by atoms with Gasteiger partial charge in [0.05, 0.1) is 0 Å². The molecule has 2 aromatic rings. The van der Waals surface area contributed by atoms with E-state index in [4.69, 9.17) is 9.47 Å². The zero-order chi connectivity index (χ0) is 14.2. The Bertz CT molecular complexity index is 692. The Kier molecular flexibility index (Phi) is 4.62. The number of benzene rings is 2. The van der Waals surface area contributed by atoms with Crippen LogP contribution < -0.4 is 9.47 Å².